The highest BCUT2D eigenvalue weighted by Crippen LogP contribution is 2.21. The van der Waals surface area contributed by atoms with Crippen LogP contribution in [0.5, 0.6) is 0 Å². The molecule has 0 aromatic carbocycles. The number of halogens is 1. The van der Waals surface area contributed by atoms with Crippen molar-refractivity contribution in [2.24, 2.45) is 10.9 Å². The van der Waals surface area contributed by atoms with Gasteiger partial charge >= 0.3 is 0 Å². The van der Waals surface area contributed by atoms with Gasteiger partial charge in [-0.15, -0.1) is 24.0 Å². The van der Waals surface area contributed by atoms with Gasteiger partial charge in [0.2, 0.25) is 0 Å². The van der Waals surface area contributed by atoms with Crippen LogP contribution < -0.4 is 10.6 Å². The van der Waals surface area contributed by atoms with Crippen molar-refractivity contribution < 1.29 is 0 Å². The van der Waals surface area contributed by atoms with E-state index in [9.17, 15) is 0 Å². The summed E-state index contributed by atoms with van der Waals surface area (Å²) in [7, 11) is 0. The van der Waals surface area contributed by atoms with E-state index < -0.39 is 0 Å². The van der Waals surface area contributed by atoms with Crippen molar-refractivity contribution in [1.29, 1.82) is 0 Å². The van der Waals surface area contributed by atoms with Gasteiger partial charge in [-0.2, -0.15) is 11.8 Å². The van der Waals surface area contributed by atoms with Crippen LogP contribution in [0.2, 0.25) is 0 Å². The van der Waals surface area contributed by atoms with Crippen LogP contribution in [-0.2, 0) is 0 Å². The van der Waals surface area contributed by atoms with Crippen LogP contribution in [0, 0.1) is 5.92 Å². The number of aliphatic imine (C=N–C) groups is 1. The molecule has 1 heterocycles. The minimum atomic E-state index is 0. The van der Waals surface area contributed by atoms with Crippen molar-refractivity contribution in [2.75, 3.05) is 39.0 Å². The van der Waals surface area contributed by atoms with Crippen molar-refractivity contribution in [3.05, 3.63) is 0 Å². The Morgan fingerprint density at radius 2 is 2.04 bits per heavy atom. The molecule has 0 spiro atoms. The summed E-state index contributed by atoms with van der Waals surface area (Å²) in [6.07, 6.45) is 4.79. The molecule has 6 heteroatoms. The van der Waals surface area contributed by atoms with E-state index in [1.54, 1.807) is 0 Å². The summed E-state index contributed by atoms with van der Waals surface area (Å²) >= 11 is 1.87. The van der Waals surface area contributed by atoms with E-state index in [1.807, 2.05) is 11.8 Å². The molecule has 138 valence electrons. The molecule has 23 heavy (non-hydrogen) atoms. The lowest BCUT2D eigenvalue weighted by atomic mass is 9.97. The predicted octanol–water partition coefficient (Wildman–Crippen LogP) is 3.42. The van der Waals surface area contributed by atoms with Gasteiger partial charge in [-0.25, -0.2) is 0 Å². The first-order valence-corrected chi connectivity index (χ1v) is 9.91. The zero-order valence-electron chi connectivity index (χ0n) is 15.8. The molecule has 1 unspecified atom stereocenters. The topological polar surface area (TPSA) is 39.7 Å². The summed E-state index contributed by atoms with van der Waals surface area (Å²) in [4.78, 5) is 7.35. The molecule has 0 bridgehead atoms. The summed E-state index contributed by atoms with van der Waals surface area (Å²) in [5, 5.41) is 6.92. The zero-order chi connectivity index (χ0) is 16.6. The Kier molecular flexibility index (Phi) is 12.0. The van der Waals surface area contributed by atoms with Gasteiger partial charge in [-0.05, 0) is 66.2 Å². The molecule has 0 aliphatic carbocycles. The minimum Gasteiger partial charge on any atom is -0.357 e. The van der Waals surface area contributed by atoms with Crippen LogP contribution in [0.15, 0.2) is 4.99 Å². The van der Waals surface area contributed by atoms with E-state index in [4.69, 9.17) is 4.99 Å². The first-order chi connectivity index (χ1) is 10.4. The third-order valence-electron chi connectivity index (χ3n) is 4.35. The van der Waals surface area contributed by atoms with Crippen molar-refractivity contribution in [3.8, 4) is 0 Å². The molecule has 0 aromatic heterocycles. The molecule has 1 atom stereocenters. The van der Waals surface area contributed by atoms with Crippen molar-refractivity contribution >= 4 is 41.7 Å². The second-order valence-electron chi connectivity index (χ2n) is 7.14. The van der Waals surface area contributed by atoms with E-state index in [-0.39, 0.29) is 28.7 Å². The summed E-state index contributed by atoms with van der Waals surface area (Å²) in [6, 6.07) is 0.659. The van der Waals surface area contributed by atoms with Gasteiger partial charge in [0.05, 0.1) is 6.54 Å². The smallest absolute Gasteiger partial charge is 0.191 e. The predicted molar refractivity (Wildman–Crippen MR) is 116 cm³/mol. The number of guanidine groups is 1. The fourth-order valence-corrected chi connectivity index (χ4v) is 2.84. The number of likely N-dealkylation sites (tertiary alicyclic amines) is 1. The monoisotopic (exact) mass is 456 g/mol. The standard InChI is InChI=1S/C17H36N4S.HI/c1-7-18-16(20-13-17(4,5)22-6)19-11-15-9-8-10-21(12-15)14(2)3;/h14-15H,7-13H2,1-6H3,(H2,18,19,20);1H. The molecule has 2 N–H and O–H groups in total. The molecule has 4 nitrogen and oxygen atoms in total. The van der Waals surface area contributed by atoms with Crippen LogP contribution in [0.25, 0.3) is 0 Å². The van der Waals surface area contributed by atoms with Crippen LogP contribution in [0.4, 0.5) is 0 Å². The van der Waals surface area contributed by atoms with Crippen molar-refractivity contribution in [1.82, 2.24) is 15.5 Å². The number of hydrogen-bond donors (Lipinski definition) is 2. The first kappa shape index (κ1) is 23.3. The van der Waals surface area contributed by atoms with E-state index in [0.717, 1.165) is 31.5 Å². The summed E-state index contributed by atoms with van der Waals surface area (Å²) in [6.45, 7) is 16.4. The third-order valence-corrected chi connectivity index (χ3v) is 5.59. The molecule has 1 saturated heterocycles. The third kappa shape index (κ3) is 9.39. The highest BCUT2D eigenvalue weighted by atomic mass is 127. The van der Waals surface area contributed by atoms with Gasteiger partial charge < -0.3 is 15.5 Å². The second-order valence-corrected chi connectivity index (χ2v) is 8.65. The fraction of sp³-hybridized carbons (Fsp3) is 0.941. The largest absolute Gasteiger partial charge is 0.357 e. The molecule has 0 aromatic rings. The molecular formula is C17H37IN4S. The molecule has 1 fully saturated rings. The number of nitrogens with zero attached hydrogens (tertiary/aromatic N) is 2. The fourth-order valence-electron chi connectivity index (χ4n) is 2.65. The Bertz CT molecular complexity index is 347. The van der Waals surface area contributed by atoms with Crippen molar-refractivity contribution in [3.63, 3.8) is 0 Å². The SMILES string of the molecule is CCNC(=NCC(C)(C)SC)NCC1CCCN(C(C)C)C1.I. The molecule has 0 radical (unpaired) electrons. The van der Waals surface area contributed by atoms with Crippen LogP contribution in [0.3, 0.4) is 0 Å². The Morgan fingerprint density at radius 1 is 1.35 bits per heavy atom. The molecule has 0 amide bonds. The summed E-state index contributed by atoms with van der Waals surface area (Å²) in [5.41, 5.74) is 0. The Morgan fingerprint density at radius 3 is 2.61 bits per heavy atom. The number of piperidine rings is 1. The van der Waals surface area contributed by atoms with E-state index >= 15 is 0 Å². The van der Waals surface area contributed by atoms with Crippen LogP contribution in [0.1, 0.15) is 47.5 Å². The van der Waals surface area contributed by atoms with E-state index in [0.29, 0.717) is 6.04 Å². The lowest BCUT2D eigenvalue weighted by Gasteiger charge is -2.35. The molecule has 0 saturated carbocycles. The number of rotatable bonds is 7. The van der Waals surface area contributed by atoms with Gasteiger partial charge in [-0.1, -0.05) is 0 Å². The molecule has 1 aliphatic heterocycles. The van der Waals surface area contributed by atoms with Crippen LogP contribution in [-0.4, -0.2) is 60.6 Å². The maximum Gasteiger partial charge on any atom is 0.191 e. The highest BCUT2D eigenvalue weighted by Gasteiger charge is 2.22. The maximum absolute atomic E-state index is 4.75. The number of nitrogens with one attached hydrogen (secondary N) is 2. The zero-order valence-corrected chi connectivity index (χ0v) is 19.0. The Labute approximate surface area is 165 Å². The molecular weight excluding hydrogens is 419 g/mol. The lowest BCUT2D eigenvalue weighted by molar-refractivity contribution is 0.141. The van der Waals surface area contributed by atoms with Crippen LogP contribution >= 0.6 is 35.7 Å². The van der Waals surface area contributed by atoms with Gasteiger partial charge in [-0.3, -0.25) is 4.99 Å². The summed E-state index contributed by atoms with van der Waals surface area (Å²) < 4.78 is 0.196. The van der Waals surface area contributed by atoms with Gasteiger partial charge in [0.1, 0.15) is 0 Å². The number of thioether (sulfide) groups is 1. The van der Waals surface area contributed by atoms with Gasteiger partial charge in [0, 0.05) is 30.4 Å². The van der Waals surface area contributed by atoms with Crippen molar-refractivity contribution in [2.45, 2.75) is 58.2 Å². The quantitative estimate of drug-likeness (QED) is 0.350. The second kappa shape index (κ2) is 11.8. The molecule has 1 aliphatic rings. The number of hydrogen-bond acceptors (Lipinski definition) is 3. The van der Waals surface area contributed by atoms with Gasteiger partial charge in [0.25, 0.3) is 0 Å². The van der Waals surface area contributed by atoms with E-state index in [1.165, 1.54) is 25.9 Å². The maximum atomic E-state index is 4.75. The minimum absolute atomic E-state index is 0. The van der Waals surface area contributed by atoms with Gasteiger partial charge in [0.15, 0.2) is 5.96 Å². The Balaban J connectivity index is 0.00000484. The first-order valence-electron chi connectivity index (χ1n) is 8.69. The average molecular weight is 456 g/mol. The lowest BCUT2D eigenvalue weighted by Crippen LogP contribution is -2.46. The average Bonchev–Trinajstić information content (AvgIpc) is 2.50. The summed E-state index contributed by atoms with van der Waals surface area (Å²) in [5.74, 6) is 1.69. The highest BCUT2D eigenvalue weighted by molar-refractivity contribution is 14.0. The van der Waals surface area contributed by atoms with E-state index in [2.05, 4.69) is 56.4 Å². The Hall–Kier alpha value is 0.310. The molecule has 1 rings (SSSR count). The normalized spacial score (nSPS) is 20.3.